The van der Waals surface area contributed by atoms with Crippen molar-refractivity contribution in [3.63, 3.8) is 0 Å². The number of rotatable bonds is 6. The van der Waals surface area contributed by atoms with Crippen molar-refractivity contribution in [2.45, 2.75) is 0 Å². The van der Waals surface area contributed by atoms with Crippen molar-refractivity contribution in [3.05, 3.63) is 194 Å². The van der Waals surface area contributed by atoms with Gasteiger partial charge in [-0.3, -0.25) is 0 Å². The average Bonchev–Trinajstić information content (AvgIpc) is 3.83. The van der Waals surface area contributed by atoms with E-state index in [9.17, 15) is 0 Å². The minimum absolute atomic E-state index is 0.619. The van der Waals surface area contributed by atoms with Crippen LogP contribution in [0.5, 0.6) is 0 Å². The van der Waals surface area contributed by atoms with Gasteiger partial charge in [0.1, 0.15) is 11.2 Å². The lowest BCUT2D eigenvalue weighted by Gasteiger charge is -2.16. The third-order valence-electron chi connectivity index (χ3n) is 10.7. The van der Waals surface area contributed by atoms with Crippen LogP contribution >= 0.6 is 0 Å². The summed E-state index contributed by atoms with van der Waals surface area (Å²) in [6.07, 6.45) is 0. The zero-order chi connectivity index (χ0) is 37.0. The Balaban J connectivity index is 1.15. The summed E-state index contributed by atoms with van der Waals surface area (Å²) in [6, 6.07) is 67.5. The monoisotopic (exact) mass is 716 g/mol. The molecule has 3 heterocycles. The summed E-state index contributed by atoms with van der Waals surface area (Å²) in [5, 5.41) is 4.63. The molecule has 0 unspecified atom stereocenters. The van der Waals surface area contributed by atoms with Crippen LogP contribution in [0.3, 0.4) is 0 Å². The fourth-order valence-corrected chi connectivity index (χ4v) is 8.08. The van der Waals surface area contributed by atoms with Gasteiger partial charge in [0, 0.05) is 43.9 Å². The molecule has 0 aliphatic heterocycles. The molecule has 0 atom stereocenters. The molecule has 0 radical (unpaired) electrons. The Hall–Kier alpha value is -7.63. The molecule has 0 saturated carbocycles. The smallest absolute Gasteiger partial charge is 0.164 e. The number of fused-ring (bicyclic) bond motifs is 6. The SMILES string of the molecule is c1ccc(-c2nc(-c3ccccc3)nc(-c3ccc(-n4c5ccccc5c5ccc(-c6cccc7oc8ccccc8c67)cc54)cc3-c3ccccc3)n2)cc1. The summed E-state index contributed by atoms with van der Waals surface area (Å²) in [7, 11) is 0. The molecule has 11 aromatic rings. The summed E-state index contributed by atoms with van der Waals surface area (Å²) in [4.78, 5) is 15.2. The molecule has 0 aliphatic carbocycles. The maximum Gasteiger partial charge on any atom is 0.164 e. The lowest BCUT2D eigenvalue weighted by molar-refractivity contribution is 0.669. The summed E-state index contributed by atoms with van der Waals surface area (Å²) in [6.45, 7) is 0. The van der Waals surface area contributed by atoms with Gasteiger partial charge in [-0.15, -0.1) is 0 Å². The van der Waals surface area contributed by atoms with Crippen LogP contribution in [0.1, 0.15) is 0 Å². The molecule has 11 rings (SSSR count). The van der Waals surface area contributed by atoms with E-state index in [1.807, 2.05) is 72.8 Å². The third-order valence-corrected chi connectivity index (χ3v) is 10.7. The van der Waals surface area contributed by atoms with Crippen LogP contribution in [0.4, 0.5) is 0 Å². The van der Waals surface area contributed by atoms with Crippen molar-refractivity contribution < 1.29 is 4.42 Å². The first-order valence-corrected chi connectivity index (χ1v) is 18.8. The van der Waals surface area contributed by atoms with Crippen molar-refractivity contribution >= 4 is 43.7 Å². The molecule has 0 aliphatic rings. The summed E-state index contributed by atoms with van der Waals surface area (Å²) in [5.41, 5.74) is 12.3. The highest BCUT2D eigenvalue weighted by atomic mass is 16.3. The molecule has 0 bridgehead atoms. The van der Waals surface area contributed by atoms with Crippen LogP contribution in [0.15, 0.2) is 199 Å². The van der Waals surface area contributed by atoms with Gasteiger partial charge in [-0.1, -0.05) is 152 Å². The van der Waals surface area contributed by atoms with E-state index in [0.29, 0.717) is 17.5 Å². The molecule has 5 nitrogen and oxygen atoms in total. The Bertz CT molecular complexity index is 3180. The molecule has 3 aromatic heterocycles. The van der Waals surface area contributed by atoms with E-state index in [1.165, 1.54) is 10.8 Å². The lowest BCUT2D eigenvalue weighted by Crippen LogP contribution is -2.02. The number of hydrogen-bond acceptors (Lipinski definition) is 4. The van der Waals surface area contributed by atoms with Gasteiger partial charge in [0.25, 0.3) is 0 Å². The molecule has 0 amide bonds. The zero-order valence-corrected chi connectivity index (χ0v) is 30.2. The van der Waals surface area contributed by atoms with E-state index < -0.39 is 0 Å². The van der Waals surface area contributed by atoms with Gasteiger partial charge in [0.05, 0.1) is 11.0 Å². The predicted molar refractivity (Wildman–Crippen MR) is 229 cm³/mol. The maximum absolute atomic E-state index is 6.29. The molecule has 8 aromatic carbocycles. The third kappa shape index (κ3) is 5.29. The highest BCUT2D eigenvalue weighted by molar-refractivity contribution is 6.14. The van der Waals surface area contributed by atoms with Crippen LogP contribution in [-0.2, 0) is 0 Å². The van der Waals surface area contributed by atoms with Gasteiger partial charge < -0.3 is 8.98 Å². The molecule has 262 valence electrons. The minimum atomic E-state index is 0.619. The Labute approximate surface area is 322 Å². The summed E-state index contributed by atoms with van der Waals surface area (Å²) in [5.74, 6) is 1.88. The minimum Gasteiger partial charge on any atom is -0.456 e. The summed E-state index contributed by atoms with van der Waals surface area (Å²) < 4.78 is 8.68. The van der Waals surface area contributed by atoms with Gasteiger partial charge in [-0.25, -0.2) is 15.0 Å². The van der Waals surface area contributed by atoms with Gasteiger partial charge in [0.2, 0.25) is 0 Å². The second kappa shape index (κ2) is 13.0. The van der Waals surface area contributed by atoms with Gasteiger partial charge >= 0.3 is 0 Å². The first kappa shape index (κ1) is 31.9. The van der Waals surface area contributed by atoms with Crippen LogP contribution in [0.2, 0.25) is 0 Å². The normalized spacial score (nSPS) is 11.6. The van der Waals surface area contributed by atoms with Gasteiger partial charge in [0.15, 0.2) is 17.5 Å². The van der Waals surface area contributed by atoms with E-state index in [-0.39, 0.29) is 0 Å². The number of furan rings is 1. The van der Waals surface area contributed by atoms with E-state index in [4.69, 9.17) is 19.4 Å². The molecule has 5 heteroatoms. The average molecular weight is 717 g/mol. The molecule has 0 saturated heterocycles. The Morgan fingerprint density at radius 1 is 0.339 bits per heavy atom. The second-order valence-corrected chi connectivity index (χ2v) is 14.0. The molecule has 0 N–H and O–H groups in total. The van der Waals surface area contributed by atoms with Crippen LogP contribution in [0.25, 0.3) is 106 Å². The van der Waals surface area contributed by atoms with Crippen molar-refractivity contribution in [2.75, 3.05) is 0 Å². The fourth-order valence-electron chi connectivity index (χ4n) is 8.08. The Morgan fingerprint density at radius 3 is 1.66 bits per heavy atom. The Kier molecular flexibility index (Phi) is 7.42. The predicted octanol–water partition coefficient (Wildman–Crippen LogP) is 13.2. The number of hydrogen-bond donors (Lipinski definition) is 0. The molecule has 0 spiro atoms. The molecule has 56 heavy (non-hydrogen) atoms. The quantitative estimate of drug-likeness (QED) is 0.172. The van der Waals surface area contributed by atoms with Crippen LogP contribution in [0, 0.1) is 0 Å². The molecular formula is C51H32N4O. The van der Waals surface area contributed by atoms with Crippen molar-refractivity contribution in [3.8, 4) is 62.1 Å². The van der Waals surface area contributed by atoms with E-state index in [0.717, 1.165) is 77.6 Å². The van der Waals surface area contributed by atoms with E-state index >= 15 is 0 Å². The largest absolute Gasteiger partial charge is 0.456 e. The number of aromatic nitrogens is 4. The highest BCUT2D eigenvalue weighted by Gasteiger charge is 2.20. The fraction of sp³-hybridized carbons (Fsp3) is 0. The number of nitrogens with zero attached hydrogens (tertiary/aromatic N) is 4. The van der Waals surface area contributed by atoms with Crippen molar-refractivity contribution in [1.29, 1.82) is 0 Å². The summed E-state index contributed by atoms with van der Waals surface area (Å²) >= 11 is 0. The maximum atomic E-state index is 6.29. The molecular weight excluding hydrogens is 685 g/mol. The topological polar surface area (TPSA) is 56.7 Å². The number of para-hydroxylation sites is 2. The van der Waals surface area contributed by atoms with Crippen LogP contribution in [-0.4, -0.2) is 19.5 Å². The lowest BCUT2D eigenvalue weighted by atomic mass is 9.97. The first-order chi connectivity index (χ1) is 27.8. The van der Waals surface area contributed by atoms with Gasteiger partial charge in [-0.2, -0.15) is 0 Å². The van der Waals surface area contributed by atoms with Crippen molar-refractivity contribution in [1.82, 2.24) is 19.5 Å². The zero-order valence-electron chi connectivity index (χ0n) is 30.2. The van der Waals surface area contributed by atoms with E-state index in [2.05, 4.69) is 126 Å². The standard InChI is InChI=1S/C51H32N4O/c1-4-15-33(16-5-1)43-32-37(28-30-41(43)51-53-49(34-17-6-2-7-18-34)52-50(54-51)35-19-8-3-9-20-35)55-44-24-12-10-21-39(44)40-29-27-36(31-45(40)55)38-23-14-26-47-48(38)42-22-11-13-25-46(42)56-47/h1-32H. The van der Waals surface area contributed by atoms with Gasteiger partial charge in [-0.05, 0) is 64.7 Å². The first-order valence-electron chi connectivity index (χ1n) is 18.8. The highest BCUT2D eigenvalue weighted by Crippen LogP contribution is 2.41. The van der Waals surface area contributed by atoms with Crippen LogP contribution < -0.4 is 0 Å². The molecule has 0 fully saturated rings. The Morgan fingerprint density at radius 2 is 0.929 bits per heavy atom. The number of benzene rings is 8. The van der Waals surface area contributed by atoms with Crippen molar-refractivity contribution in [2.24, 2.45) is 0 Å². The second-order valence-electron chi connectivity index (χ2n) is 14.0. The van der Waals surface area contributed by atoms with E-state index in [1.54, 1.807) is 0 Å².